The average molecular weight is 437 g/mol. The number of benzene rings is 2. The second-order valence-corrected chi connectivity index (χ2v) is 9.43. The number of carbonyl (C=O) groups is 2. The van der Waals surface area contributed by atoms with Gasteiger partial charge in [-0.2, -0.15) is 0 Å². The molecule has 6 nitrogen and oxygen atoms in total. The molecule has 0 saturated carbocycles. The van der Waals surface area contributed by atoms with Crippen LogP contribution in [0.15, 0.2) is 54.7 Å². The van der Waals surface area contributed by atoms with Crippen molar-refractivity contribution in [1.82, 2.24) is 14.5 Å². The Labute approximate surface area is 190 Å². The molecule has 0 amide bonds. The van der Waals surface area contributed by atoms with E-state index in [1.165, 1.54) is 0 Å². The lowest BCUT2D eigenvalue weighted by atomic mass is 9.85. The second-order valence-electron chi connectivity index (χ2n) is 9.43. The van der Waals surface area contributed by atoms with Crippen LogP contribution in [-0.2, 0) is 34.3 Å². The second kappa shape index (κ2) is 6.68. The van der Waals surface area contributed by atoms with Crippen molar-refractivity contribution in [3.63, 3.8) is 0 Å². The molecule has 1 saturated heterocycles. The van der Waals surface area contributed by atoms with Gasteiger partial charge in [-0.3, -0.25) is 0 Å². The minimum absolute atomic E-state index is 0.377. The van der Waals surface area contributed by atoms with Crippen LogP contribution in [0, 0.1) is 11.8 Å². The maximum absolute atomic E-state index is 13.2. The van der Waals surface area contributed by atoms with Gasteiger partial charge in [-0.25, -0.2) is 9.59 Å². The van der Waals surface area contributed by atoms with Gasteiger partial charge in [0.1, 0.15) is 0 Å². The molecule has 6 heteroatoms. The summed E-state index contributed by atoms with van der Waals surface area (Å²) >= 11 is 0. The molecule has 1 N–H and O–H groups in total. The summed E-state index contributed by atoms with van der Waals surface area (Å²) in [7, 11) is 1.96. The van der Waals surface area contributed by atoms with Gasteiger partial charge in [-0.15, -0.1) is 0 Å². The summed E-state index contributed by atoms with van der Waals surface area (Å²) in [6.45, 7) is 2.94. The SMILES string of the molecule is Cn1cc(C2=C(c3c4n(c5ccccc35)CC3CNCC3C4)C(=O)OC2=O)c2ccccc21. The van der Waals surface area contributed by atoms with Gasteiger partial charge in [-0.05, 0) is 43.5 Å². The van der Waals surface area contributed by atoms with Crippen molar-refractivity contribution in [2.75, 3.05) is 13.1 Å². The van der Waals surface area contributed by atoms with Crippen LogP contribution in [0.4, 0.5) is 0 Å². The molecule has 2 aromatic heterocycles. The van der Waals surface area contributed by atoms with Crippen molar-refractivity contribution in [1.29, 1.82) is 0 Å². The minimum atomic E-state index is -0.563. The first-order chi connectivity index (χ1) is 16.1. The maximum atomic E-state index is 13.2. The van der Waals surface area contributed by atoms with Gasteiger partial charge in [0.2, 0.25) is 0 Å². The molecule has 164 valence electrons. The van der Waals surface area contributed by atoms with Gasteiger partial charge in [0.25, 0.3) is 0 Å². The fraction of sp³-hybridized carbons (Fsp3) is 0.259. The number of hydrogen-bond acceptors (Lipinski definition) is 4. The zero-order valence-electron chi connectivity index (χ0n) is 18.3. The van der Waals surface area contributed by atoms with E-state index < -0.39 is 11.9 Å². The Balaban J connectivity index is 1.56. The van der Waals surface area contributed by atoms with Crippen molar-refractivity contribution in [3.8, 4) is 0 Å². The third-order valence-corrected chi connectivity index (χ3v) is 7.69. The summed E-state index contributed by atoms with van der Waals surface area (Å²) in [5.41, 5.74) is 5.67. The number of para-hydroxylation sites is 2. The molecule has 7 rings (SSSR count). The zero-order chi connectivity index (χ0) is 22.3. The number of hydrogen-bond donors (Lipinski definition) is 1. The van der Waals surface area contributed by atoms with E-state index >= 15 is 0 Å². The van der Waals surface area contributed by atoms with Crippen molar-refractivity contribution >= 4 is 44.9 Å². The van der Waals surface area contributed by atoms with Crippen LogP contribution in [0.3, 0.4) is 0 Å². The van der Waals surface area contributed by atoms with E-state index in [2.05, 4.69) is 22.0 Å². The van der Waals surface area contributed by atoms with E-state index in [1.807, 2.05) is 54.2 Å². The summed E-state index contributed by atoms with van der Waals surface area (Å²) in [4.78, 5) is 26.3. The largest absolute Gasteiger partial charge is 0.386 e. The fourth-order valence-electron chi connectivity index (χ4n) is 6.18. The molecule has 1 fully saturated rings. The smallest absolute Gasteiger partial charge is 0.347 e. The standard InChI is InChI=1S/C27H23N3O3/c1-29-14-19(17-6-2-4-8-20(17)29)24-25(27(32)33-26(24)31)23-18-7-3-5-9-21(18)30-13-16-12-28-11-15(16)10-22(23)30/h2-9,14-16,28H,10-13H2,1H3. The van der Waals surface area contributed by atoms with Gasteiger partial charge >= 0.3 is 11.9 Å². The van der Waals surface area contributed by atoms with Gasteiger partial charge in [0, 0.05) is 58.4 Å². The minimum Gasteiger partial charge on any atom is -0.386 e. The van der Waals surface area contributed by atoms with Gasteiger partial charge in [-0.1, -0.05) is 36.4 Å². The van der Waals surface area contributed by atoms with E-state index in [4.69, 9.17) is 4.74 Å². The van der Waals surface area contributed by atoms with Crippen LogP contribution < -0.4 is 5.32 Å². The molecule has 3 aliphatic rings. The van der Waals surface area contributed by atoms with Crippen LogP contribution in [0.5, 0.6) is 0 Å². The topological polar surface area (TPSA) is 65.3 Å². The Morgan fingerprint density at radius 3 is 2.42 bits per heavy atom. The zero-order valence-corrected chi connectivity index (χ0v) is 18.3. The number of fused-ring (bicyclic) bond motifs is 5. The predicted molar refractivity (Wildman–Crippen MR) is 126 cm³/mol. The first-order valence-electron chi connectivity index (χ1n) is 11.5. The molecule has 0 spiro atoms. The predicted octanol–water partition coefficient (Wildman–Crippen LogP) is 3.52. The summed E-state index contributed by atoms with van der Waals surface area (Å²) < 4.78 is 9.62. The molecule has 0 bridgehead atoms. The normalized spacial score (nSPS) is 22.3. The molecule has 33 heavy (non-hydrogen) atoms. The molecule has 3 aliphatic heterocycles. The van der Waals surface area contributed by atoms with Crippen molar-refractivity contribution in [3.05, 3.63) is 71.5 Å². The van der Waals surface area contributed by atoms with Crippen LogP contribution >= 0.6 is 0 Å². The third-order valence-electron chi connectivity index (χ3n) is 7.69. The third kappa shape index (κ3) is 2.52. The lowest BCUT2D eigenvalue weighted by Gasteiger charge is -2.28. The van der Waals surface area contributed by atoms with E-state index in [9.17, 15) is 9.59 Å². The van der Waals surface area contributed by atoms with Crippen molar-refractivity contribution < 1.29 is 14.3 Å². The van der Waals surface area contributed by atoms with Crippen LogP contribution in [0.1, 0.15) is 16.8 Å². The summed E-state index contributed by atoms with van der Waals surface area (Å²) in [6, 6.07) is 16.2. The first kappa shape index (κ1) is 18.9. The van der Waals surface area contributed by atoms with Crippen molar-refractivity contribution in [2.24, 2.45) is 18.9 Å². The van der Waals surface area contributed by atoms with Crippen LogP contribution in [0.2, 0.25) is 0 Å². The highest BCUT2D eigenvalue weighted by Crippen LogP contribution is 2.45. The maximum Gasteiger partial charge on any atom is 0.347 e. The first-order valence-corrected chi connectivity index (χ1v) is 11.5. The van der Waals surface area contributed by atoms with Gasteiger partial charge in [0.05, 0.1) is 11.1 Å². The molecule has 2 unspecified atom stereocenters. The number of carbonyl (C=O) groups excluding carboxylic acids is 2. The summed E-state index contributed by atoms with van der Waals surface area (Å²) in [5.74, 6) is 0.0143. The lowest BCUT2D eigenvalue weighted by Crippen LogP contribution is -2.28. The van der Waals surface area contributed by atoms with E-state index in [0.29, 0.717) is 23.0 Å². The summed E-state index contributed by atoms with van der Waals surface area (Å²) in [6.07, 6.45) is 2.82. The highest BCUT2D eigenvalue weighted by molar-refractivity contribution is 6.47. The Hall–Kier alpha value is -3.64. The highest BCUT2D eigenvalue weighted by atomic mass is 16.6. The number of ether oxygens (including phenoxy) is 1. The quantitative estimate of drug-likeness (QED) is 0.385. The molecule has 4 aromatic rings. The van der Waals surface area contributed by atoms with Crippen LogP contribution in [0.25, 0.3) is 33.0 Å². The lowest BCUT2D eigenvalue weighted by molar-refractivity contribution is -0.149. The Morgan fingerprint density at radius 2 is 1.58 bits per heavy atom. The average Bonchev–Trinajstić information content (AvgIpc) is 3.56. The van der Waals surface area contributed by atoms with E-state index in [1.54, 1.807) is 0 Å². The molecular weight excluding hydrogens is 414 g/mol. The molecular formula is C27H23N3O3. The fourth-order valence-corrected chi connectivity index (χ4v) is 6.18. The Morgan fingerprint density at radius 1 is 0.879 bits per heavy atom. The molecule has 0 aliphatic carbocycles. The van der Waals surface area contributed by atoms with Crippen molar-refractivity contribution in [2.45, 2.75) is 13.0 Å². The highest BCUT2D eigenvalue weighted by Gasteiger charge is 2.42. The van der Waals surface area contributed by atoms with Crippen LogP contribution in [-0.4, -0.2) is 34.2 Å². The van der Waals surface area contributed by atoms with Gasteiger partial charge in [0.15, 0.2) is 0 Å². The summed E-state index contributed by atoms with van der Waals surface area (Å²) in [5, 5.41) is 5.48. The number of aromatic nitrogens is 2. The molecule has 0 radical (unpaired) electrons. The van der Waals surface area contributed by atoms with E-state index in [0.717, 1.165) is 64.7 Å². The van der Waals surface area contributed by atoms with E-state index in [-0.39, 0.29) is 0 Å². The van der Waals surface area contributed by atoms with Gasteiger partial charge < -0.3 is 19.2 Å². The number of rotatable bonds is 2. The Bertz CT molecular complexity index is 1540. The molecule has 5 heterocycles. The molecule has 2 atom stereocenters. The Kier molecular flexibility index (Phi) is 3.82. The monoisotopic (exact) mass is 437 g/mol. The number of aryl methyl sites for hydroxylation is 1. The number of nitrogens with zero attached hydrogens (tertiary/aromatic N) is 2. The number of cyclic esters (lactones) is 2. The number of nitrogens with one attached hydrogen (secondary N) is 1. The molecule has 2 aromatic carbocycles. The number of esters is 2.